The molecule has 26 heavy (non-hydrogen) atoms. The Hall–Kier alpha value is -2.86. The van der Waals surface area contributed by atoms with Crippen molar-refractivity contribution in [3.63, 3.8) is 0 Å². The molecule has 0 aliphatic rings. The molecule has 2 aromatic carbocycles. The fraction of sp³-hybridized carbons (Fsp3) is 0.300. The Labute approximate surface area is 153 Å². The summed E-state index contributed by atoms with van der Waals surface area (Å²) in [5.41, 5.74) is 7.77. The first-order chi connectivity index (χ1) is 12.5. The van der Waals surface area contributed by atoms with E-state index in [1.807, 2.05) is 30.3 Å². The van der Waals surface area contributed by atoms with Crippen molar-refractivity contribution in [2.45, 2.75) is 19.4 Å². The largest absolute Gasteiger partial charge is 0.493 e. The van der Waals surface area contributed by atoms with Gasteiger partial charge in [0.25, 0.3) is 0 Å². The van der Waals surface area contributed by atoms with Gasteiger partial charge in [-0.15, -0.1) is 0 Å². The minimum absolute atomic E-state index is 0.152. The van der Waals surface area contributed by atoms with Crippen molar-refractivity contribution < 1.29 is 19.1 Å². The second-order valence-corrected chi connectivity index (χ2v) is 5.91. The average molecular weight is 356 g/mol. The SMILES string of the molecule is COC(=O)CCOc1ccc(NC(=O)C(C)C(N)c2ccccc2)cc1. The number of carbonyl (C=O) groups excluding carboxylic acids is 2. The smallest absolute Gasteiger partial charge is 0.308 e. The Kier molecular flexibility index (Phi) is 7.17. The number of carbonyl (C=O) groups is 2. The third-order valence-corrected chi connectivity index (χ3v) is 4.06. The summed E-state index contributed by atoms with van der Waals surface area (Å²) in [6.45, 7) is 2.04. The van der Waals surface area contributed by atoms with Gasteiger partial charge < -0.3 is 20.5 Å². The summed E-state index contributed by atoms with van der Waals surface area (Å²) >= 11 is 0. The number of hydrogen-bond acceptors (Lipinski definition) is 5. The normalized spacial score (nSPS) is 12.7. The van der Waals surface area contributed by atoms with Crippen molar-refractivity contribution in [2.75, 3.05) is 19.0 Å². The highest BCUT2D eigenvalue weighted by molar-refractivity contribution is 5.92. The van der Waals surface area contributed by atoms with Crippen LogP contribution in [0.4, 0.5) is 5.69 Å². The number of esters is 1. The van der Waals surface area contributed by atoms with E-state index in [2.05, 4.69) is 10.1 Å². The Morgan fingerprint density at radius 1 is 1.08 bits per heavy atom. The lowest BCUT2D eigenvalue weighted by Gasteiger charge is -2.20. The minimum Gasteiger partial charge on any atom is -0.493 e. The molecule has 0 saturated carbocycles. The lowest BCUT2D eigenvalue weighted by atomic mass is 9.94. The average Bonchev–Trinajstić information content (AvgIpc) is 2.68. The van der Waals surface area contributed by atoms with Crippen molar-refractivity contribution in [3.05, 3.63) is 60.2 Å². The van der Waals surface area contributed by atoms with E-state index in [1.165, 1.54) is 7.11 Å². The van der Waals surface area contributed by atoms with Crippen LogP contribution in [0.3, 0.4) is 0 Å². The molecule has 6 heteroatoms. The monoisotopic (exact) mass is 356 g/mol. The number of ether oxygens (including phenoxy) is 2. The minimum atomic E-state index is -0.381. The molecule has 0 fully saturated rings. The summed E-state index contributed by atoms with van der Waals surface area (Å²) in [7, 11) is 1.34. The van der Waals surface area contributed by atoms with E-state index < -0.39 is 0 Å². The molecular formula is C20H24N2O4. The van der Waals surface area contributed by atoms with Crippen molar-refractivity contribution in [1.29, 1.82) is 0 Å². The number of nitrogens with two attached hydrogens (primary N) is 1. The molecule has 0 aliphatic heterocycles. The van der Waals surface area contributed by atoms with E-state index >= 15 is 0 Å². The molecule has 2 atom stereocenters. The molecule has 1 amide bonds. The van der Waals surface area contributed by atoms with Crippen LogP contribution < -0.4 is 15.8 Å². The van der Waals surface area contributed by atoms with Gasteiger partial charge in [0, 0.05) is 11.7 Å². The Bertz CT molecular complexity index is 716. The molecule has 3 N–H and O–H groups in total. The van der Waals surface area contributed by atoms with E-state index in [-0.39, 0.29) is 36.9 Å². The van der Waals surface area contributed by atoms with Crippen LogP contribution in [0.25, 0.3) is 0 Å². The van der Waals surface area contributed by atoms with Gasteiger partial charge in [-0.25, -0.2) is 0 Å². The van der Waals surface area contributed by atoms with E-state index in [4.69, 9.17) is 10.5 Å². The third kappa shape index (κ3) is 5.60. The standard InChI is InChI=1S/C20H24N2O4/c1-14(19(21)15-6-4-3-5-7-15)20(24)22-16-8-10-17(11-9-16)26-13-12-18(23)25-2/h3-11,14,19H,12-13,21H2,1-2H3,(H,22,24). The summed E-state index contributed by atoms with van der Waals surface area (Å²) in [6, 6.07) is 16.1. The first-order valence-electron chi connectivity index (χ1n) is 8.42. The van der Waals surface area contributed by atoms with Crippen LogP contribution >= 0.6 is 0 Å². The molecule has 6 nitrogen and oxygen atoms in total. The van der Waals surface area contributed by atoms with Gasteiger partial charge in [-0.1, -0.05) is 37.3 Å². The fourth-order valence-corrected chi connectivity index (χ4v) is 2.37. The Balaban J connectivity index is 1.87. The van der Waals surface area contributed by atoms with Gasteiger partial charge in [-0.05, 0) is 29.8 Å². The zero-order valence-corrected chi connectivity index (χ0v) is 15.0. The predicted octanol–water partition coefficient (Wildman–Crippen LogP) is 2.90. The van der Waals surface area contributed by atoms with Crippen LogP contribution in [0.1, 0.15) is 24.9 Å². The quantitative estimate of drug-likeness (QED) is 0.710. The lowest BCUT2D eigenvalue weighted by Crippen LogP contribution is -2.30. The van der Waals surface area contributed by atoms with Gasteiger partial charge in [-0.3, -0.25) is 9.59 Å². The van der Waals surface area contributed by atoms with Crippen molar-refractivity contribution >= 4 is 17.6 Å². The molecule has 0 saturated heterocycles. The van der Waals surface area contributed by atoms with Gasteiger partial charge in [0.15, 0.2) is 0 Å². The van der Waals surface area contributed by atoms with E-state index in [9.17, 15) is 9.59 Å². The zero-order chi connectivity index (χ0) is 18.9. The number of rotatable bonds is 8. The third-order valence-electron chi connectivity index (χ3n) is 4.06. The maximum atomic E-state index is 12.4. The molecule has 138 valence electrons. The predicted molar refractivity (Wildman–Crippen MR) is 99.7 cm³/mol. The summed E-state index contributed by atoms with van der Waals surface area (Å²) < 4.78 is 10.00. The van der Waals surface area contributed by atoms with Crippen molar-refractivity contribution in [1.82, 2.24) is 0 Å². The number of nitrogens with one attached hydrogen (secondary N) is 1. The van der Waals surface area contributed by atoms with Crippen LogP contribution in [0.5, 0.6) is 5.75 Å². The van der Waals surface area contributed by atoms with Gasteiger partial charge in [-0.2, -0.15) is 0 Å². The number of hydrogen-bond donors (Lipinski definition) is 2. The highest BCUT2D eigenvalue weighted by Gasteiger charge is 2.22. The van der Waals surface area contributed by atoms with Crippen molar-refractivity contribution in [3.8, 4) is 5.75 Å². The van der Waals surface area contributed by atoms with Crippen molar-refractivity contribution in [2.24, 2.45) is 11.7 Å². The Morgan fingerprint density at radius 3 is 2.35 bits per heavy atom. The summed E-state index contributed by atoms with van der Waals surface area (Å²) in [6.07, 6.45) is 0.184. The number of amides is 1. The summed E-state index contributed by atoms with van der Waals surface area (Å²) in [4.78, 5) is 23.5. The first-order valence-corrected chi connectivity index (χ1v) is 8.42. The summed E-state index contributed by atoms with van der Waals surface area (Å²) in [5.74, 6) is -0.243. The molecule has 2 unspecified atom stereocenters. The molecule has 0 aliphatic carbocycles. The second-order valence-electron chi connectivity index (χ2n) is 5.91. The molecule has 0 bridgehead atoms. The Morgan fingerprint density at radius 2 is 1.73 bits per heavy atom. The molecule has 0 aromatic heterocycles. The maximum absolute atomic E-state index is 12.4. The number of benzene rings is 2. The van der Waals surface area contributed by atoms with Gasteiger partial charge in [0.05, 0.1) is 26.1 Å². The van der Waals surface area contributed by atoms with Crippen LogP contribution in [0.15, 0.2) is 54.6 Å². The van der Waals surface area contributed by atoms with Crippen LogP contribution in [0, 0.1) is 5.92 Å². The van der Waals surface area contributed by atoms with Gasteiger partial charge >= 0.3 is 5.97 Å². The highest BCUT2D eigenvalue weighted by atomic mass is 16.5. The fourth-order valence-electron chi connectivity index (χ4n) is 2.37. The van der Waals surface area contributed by atoms with E-state index in [0.29, 0.717) is 11.4 Å². The first kappa shape index (κ1) is 19.5. The number of methoxy groups -OCH3 is 1. The van der Waals surface area contributed by atoms with Crippen LogP contribution in [0.2, 0.25) is 0 Å². The molecular weight excluding hydrogens is 332 g/mol. The lowest BCUT2D eigenvalue weighted by molar-refractivity contribution is -0.141. The van der Waals surface area contributed by atoms with E-state index in [0.717, 1.165) is 5.56 Å². The molecule has 0 spiro atoms. The highest BCUT2D eigenvalue weighted by Crippen LogP contribution is 2.22. The second kappa shape index (κ2) is 9.58. The zero-order valence-electron chi connectivity index (χ0n) is 15.0. The maximum Gasteiger partial charge on any atom is 0.308 e. The van der Waals surface area contributed by atoms with Gasteiger partial charge in [0.2, 0.25) is 5.91 Å². The topological polar surface area (TPSA) is 90.6 Å². The number of anilines is 1. The van der Waals surface area contributed by atoms with Gasteiger partial charge in [0.1, 0.15) is 5.75 Å². The molecule has 2 aromatic rings. The molecule has 2 rings (SSSR count). The molecule has 0 radical (unpaired) electrons. The van der Waals surface area contributed by atoms with Crippen LogP contribution in [-0.2, 0) is 14.3 Å². The molecule has 0 heterocycles. The van der Waals surface area contributed by atoms with E-state index in [1.54, 1.807) is 31.2 Å². The summed E-state index contributed by atoms with van der Waals surface area (Å²) in [5, 5.41) is 2.85. The van der Waals surface area contributed by atoms with Crippen LogP contribution in [-0.4, -0.2) is 25.6 Å².